The van der Waals surface area contributed by atoms with E-state index in [1.54, 1.807) is 25.1 Å². The first-order chi connectivity index (χ1) is 13.8. The number of hydrogen-bond donors (Lipinski definition) is 3. The number of nitrogens with two attached hydrogens (primary N) is 1. The second-order valence-corrected chi connectivity index (χ2v) is 6.34. The molecule has 0 aliphatic carbocycles. The highest BCUT2D eigenvalue weighted by Crippen LogP contribution is 2.17. The molecule has 0 unspecified atom stereocenters. The fourth-order valence-corrected chi connectivity index (χ4v) is 3.02. The van der Waals surface area contributed by atoms with Crippen molar-refractivity contribution in [2.24, 2.45) is 5.73 Å². The smallest absolute Gasteiger partial charge is 0.352 e. The summed E-state index contributed by atoms with van der Waals surface area (Å²) in [7, 11) is 0. The van der Waals surface area contributed by atoms with Gasteiger partial charge in [-0.15, -0.1) is 0 Å². The van der Waals surface area contributed by atoms with Gasteiger partial charge in [-0.2, -0.15) is 0 Å². The molecule has 0 saturated heterocycles. The zero-order valence-electron chi connectivity index (χ0n) is 15.2. The number of rotatable bonds is 5. The van der Waals surface area contributed by atoms with E-state index in [9.17, 15) is 19.5 Å². The van der Waals surface area contributed by atoms with E-state index in [4.69, 9.17) is 10.2 Å². The number of amides is 2. The van der Waals surface area contributed by atoms with E-state index in [2.05, 4.69) is 15.3 Å². The number of nitrogens with one attached hydrogen (secondary N) is 1. The number of hydrogen-bond acceptors (Lipinski definition) is 6. The van der Waals surface area contributed by atoms with Crippen LogP contribution in [0.4, 0.5) is 0 Å². The summed E-state index contributed by atoms with van der Waals surface area (Å²) in [5.74, 6) is -2.10. The Bertz CT molecular complexity index is 1300. The van der Waals surface area contributed by atoms with Crippen molar-refractivity contribution < 1.29 is 23.9 Å². The number of carbonyl (C=O) groups is 3. The molecule has 4 rings (SSSR count). The molecule has 0 bridgehead atoms. The van der Waals surface area contributed by atoms with Crippen molar-refractivity contribution >= 4 is 34.5 Å². The molecule has 0 radical (unpaired) electrons. The van der Waals surface area contributed by atoms with Crippen LogP contribution in [0.15, 0.2) is 40.9 Å². The lowest BCUT2D eigenvalue weighted by atomic mass is 10.2. The van der Waals surface area contributed by atoms with E-state index in [-0.39, 0.29) is 29.1 Å². The first kappa shape index (κ1) is 18.2. The largest absolute Gasteiger partial charge is 0.477 e. The van der Waals surface area contributed by atoms with Crippen LogP contribution in [0.3, 0.4) is 0 Å². The van der Waals surface area contributed by atoms with Crippen molar-refractivity contribution in [1.82, 2.24) is 19.7 Å². The van der Waals surface area contributed by atoms with E-state index in [1.165, 1.54) is 16.7 Å². The maximum Gasteiger partial charge on any atom is 0.352 e. The molecule has 10 heteroatoms. The molecular formula is C19H15N5O5. The number of aromatic nitrogens is 3. The average molecular weight is 393 g/mol. The number of oxazole rings is 1. The summed E-state index contributed by atoms with van der Waals surface area (Å²) >= 11 is 0. The fraction of sp³-hybridized carbons (Fsp3) is 0.105. The second-order valence-electron chi connectivity index (χ2n) is 6.34. The van der Waals surface area contributed by atoms with Gasteiger partial charge in [-0.25, -0.2) is 14.8 Å². The Balaban J connectivity index is 1.64. The van der Waals surface area contributed by atoms with Gasteiger partial charge in [0, 0.05) is 25.7 Å². The molecule has 0 saturated carbocycles. The molecule has 4 aromatic rings. The maximum absolute atomic E-state index is 12.6. The third kappa shape index (κ3) is 3.27. The highest BCUT2D eigenvalue weighted by Gasteiger charge is 2.20. The predicted molar refractivity (Wildman–Crippen MR) is 101 cm³/mol. The lowest BCUT2D eigenvalue weighted by Gasteiger charge is -2.08. The number of carbonyl (C=O) groups excluding carboxylic acids is 2. The summed E-state index contributed by atoms with van der Waals surface area (Å²) in [4.78, 5) is 44.1. The molecule has 2 amide bonds. The topological polar surface area (TPSA) is 153 Å². The minimum Gasteiger partial charge on any atom is -0.477 e. The number of primary amides is 1. The first-order valence-corrected chi connectivity index (χ1v) is 8.53. The minimum absolute atomic E-state index is 0.00189. The Hall–Kier alpha value is -4.21. The zero-order chi connectivity index (χ0) is 20.7. The summed E-state index contributed by atoms with van der Waals surface area (Å²) in [6.07, 6.45) is 1.36. The molecule has 3 aromatic heterocycles. The molecule has 3 heterocycles. The van der Waals surface area contributed by atoms with Crippen LogP contribution in [0.2, 0.25) is 0 Å². The van der Waals surface area contributed by atoms with E-state index >= 15 is 0 Å². The van der Waals surface area contributed by atoms with Crippen molar-refractivity contribution in [2.45, 2.75) is 13.5 Å². The zero-order valence-corrected chi connectivity index (χ0v) is 15.2. The molecule has 0 aliphatic rings. The number of carboxylic acids is 1. The highest BCUT2D eigenvalue weighted by molar-refractivity contribution is 6.01. The molecule has 0 atom stereocenters. The summed E-state index contributed by atoms with van der Waals surface area (Å²) in [6.45, 7) is 1.91. The number of carboxylic acid groups (broad SMARTS) is 1. The Kier molecular flexibility index (Phi) is 4.23. The summed E-state index contributed by atoms with van der Waals surface area (Å²) < 4.78 is 6.61. The second kappa shape index (κ2) is 6.75. The van der Waals surface area contributed by atoms with Crippen LogP contribution in [0.1, 0.15) is 42.8 Å². The van der Waals surface area contributed by atoms with E-state index < -0.39 is 17.8 Å². The first-order valence-electron chi connectivity index (χ1n) is 8.53. The molecule has 146 valence electrons. The molecule has 0 fully saturated rings. The van der Waals surface area contributed by atoms with Crippen LogP contribution in [0, 0.1) is 6.92 Å². The van der Waals surface area contributed by atoms with Gasteiger partial charge in [0.1, 0.15) is 16.9 Å². The Labute approximate surface area is 163 Å². The van der Waals surface area contributed by atoms with Crippen LogP contribution in [-0.4, -0.2) is 37.3 Å². The van der Waals surface area contributed by atoms with Crippen molar-refractivity contribution in [3.63, 3.8) is 0 Å². The predicted octanol–water partition coefficient (Wildman–Crippen LogP) is 1.51. The van der Waals surface area contributed by atoms with Gasteiger partial charge in [-0.3, -0.25) is 14.0 Å². The van der Waals surface area contributed by atoms with Gasteiger partial charge in [0.15, 0.2) is 17.1 Å². The summed E-state index contributed by atoms with van der Waals surface area (Å²) in [5.41, 5.74) is 7.06. The van der Waals surface area contributed by atoms with Crippen molar-refractivity contribution in [3.8, 4) is 0 Å². The average Bonchev–Trinajstić information content (AvgIpc) is 3.26. The Morgan fingerprint density at radius 1 is 1.21 bits per heavy atom. The van der Waals surface area contributed by atoms with Gasteiger partial charge in [-0.1, -0.05) is 6.07 Å². The Morgan fingerprint density at radius 3 is 2.72 bits per heavy atom. The van der Waals surface area contributed by atoms with Gasteiger partial charge < -0.3 is 20.6 Å². The molecule has 0 aliphatic heterocycles. The van der Waals surface area contributed by atoms with Gasteiger partial charge in [0.05, 0.1) is 5.56 Å². The molecule has 10 nitrogen and oxygen atoms in total. The highest BCUT2D eigenvalue weighted by atomic mass is 16.4. The standard InChI is InChI=1S/C19H15N5O5/c1-9-22-12-6-10(2-3-15(12)29-9)8-21-18(26)13-7-14(19(27)28)24-5-4-11(16(20)25)17(24)23-13/h2-7H,8H2,1H3,(H2,20,25)(H,21,26)(H,27,28). The van der Waals surface area contributed by atoms with E-state index in [0.29, 0.717) is 17.0 Å². The molecule has 0 spiro atoms. The van der Waals surface area contributed by atoms with Crippen LogP contribution in [0.25, 0.3) is 16.7 Å². The maximum atomic E-state index is 12.6. The minimum atomic E-state index is -1.27. The quantitative estimate of drug-likeness (QED) is 0.464. The lowest BCUT2D eigenvalue weighted by molar-refractivity contribution is 0.0688. The van der Waals surface area contributed by atoms with Gasteiger partial charge in [0.2, 0.25) is 0 Å². The number of nitrogens with zero attached hydrogens (tertiary/aromatic N) is 3. The van der Waals surface area contributed by atoms with Crippen LogP contribution in [-0.2, 0) is 6.54 Å². The molecule has 29 heavy (non-hydrogen) atoms. The van der Waals surface area contributed by atoms with Crippen LogP contribution < -0.4 is 11.1 Å². The van der Waals surface area contributed by atoms with E-state index in [0.717, 1.165) is 11.6 Å². The number of aryl methyl sites for hydroxylation is 1. The molecule has 1 aromatic carbocycles. The Morgan fingerprint density at radius 2 is 2.00 bits per heavy atom. The monoisotopic (exact) mass is 393 g/mol. The summed E-state index contributed by atoms with van der Waals surface area (Å²) in [5, 5.41) is 12.1. The third-order valence-corrected chi connectivity index (χ3v) is 4.35. The van der Waals surface area contributed by atoms with Gasteiger partial charge in [-0.05, 0) is 23.8 Å². The number of benzene rings is 1. The lowest BCUT2D eigenvalue weighted by Crippen LogP contribution is -2.25. The van der Waals surface area contributed by atoms with Gasteiger partial charge >= 0.3 is 5.97 Å². The fourth-order valence-electron chi connectivity index (χ4n) is 3.02. The van der Waals surface area contributed by atoms with Crippen molar-refractivity contribution in [2.75, 3.05) is 0 Å². The molecular weight excluding hydrogens is 378 g/mol. The SMILES string of the molecule is Cc1nc2cc(CNC(=O)c3cc(C(=O)O)n4ccc(C(N)=O)c4n3)ccc2o1. The van der Waals surface area contributed by atoms with E-state index in [1.807, 2.05) is 0 Å². The van der Waals surface area contributed by atoms with Crippen molar-refractivity contribution in [1.29, 1.82) is 0 Å². The number of aromatic carboxylic acids is 1. The molecule has 4 N–H and O–H groups in total. The third-order valence-electron chi connectivity index (χ3n) is 4.35. The van der Waals surface area contributed by atoms with Crippen molar-refractivity contribution in [3.05, 3.63) is 64.9 Å². The summed E-state index contributed by atoms with van der Waals surface area (Å²) in [6, 6.07) is 7.81. The van der Waals surface area contributed by atoms with Crippen LogP contribution in [0.5, 0.6) is 0 Å². The van der Waals surface area contributed by atoms with Crippen LogP contribution >= 0.6 is 0 Å². The number of fused-ring (bicyclic) bond motifs is 2. The normalized spacial score (nSPS) is 11.1. The van der Waals surface area contributed by atoms with Gasteiger partial charge in [0.25, 0.3) is 11.8 Å².